The second kappa shape index (κ2) is 5.05. The molecule has 1 heterocycles. The minimum Gasteiger partial charge on any atom is -0.493 e. The predicted octanol–water partition coefficient (Wildman–Crippen LogP) is 2.03. The Morgan fingerprint density at radius 1 is 1.12 bits per heavy atom. The molecular weight excluding hydrogens is 222 g/mol. The highest BCUT2D eigenvalue weighted by Gasteiger charge is 2.11. The molecule has 0 aliphatic carbocycles. The van der Waals surface area contributed by atoms with E-state index in [1.165, 1.54) is 0 Å². The van der Waals surface area contributed by atoms with Crippen LogP contribution in [-0.2, 0) is 11.2 Å². The van der Waals surface area contributed by atoms with E-state index in [4.69, 9.17) is 18.6 Å². The smallest absolute Gasteiger partial charge is 0.197 e. The molecule has 0 saturated carbocycles. The lowest BCUT2D eigenvalue weighted by Gasteiger charge is -2.05. The topological polar surface area (TPSA) is 53.7 Å². The lowest BCUT2D eigenvalue weighted by Crippen LogP contribution is -1.93. The van der Waals surface area contributed by atoms with Gasteiger partial charge in [-0.1, -0.05) is 0 Å². The van der Waals surface area contributed by atoms with Crippen molar-refractivity contribution < 1.29 is 18.6 Å². The van der Waals surface area contributed by atoms with Crippen molar-refractivity contribution in [3.63, 3.8) is 0 Å². The van der Waals surface area contributed by atoms with E-state index in [0.717, 1.165) is 5.52 Å². The van der Waals surface area contributed by atoms with Crippen LogP contribution in [-0.4, -0.2) is 32.9 Å². The summed E-state index contributed by atoms with van der Waals surface area (Å²) in [4.78, 5) is 4.35. The molecule has 5 nitrogen and oxygen atoms in total. The van der Waals surface area contributed by atoms with Gasteiger partial charge in [0, 0.05) is 25.7 Å². The normalized spacial score (nSPS) is 10.8. The third kappa shape index (κ3) is 2.34. The molecule has 0 fully saturated rings. The summed E-state index contributed by atoms with van der Waals surface area (Å²) in [6.07, 6.45) is 0.649. The number of oxazole rings is 1. The number of rotatable bonds is 5. The number of hydrogen-bond donors (Lipinski definition) is 0. The van der Waals surface area contributed by atoms with Crippen LogP contribution in [0, 0.1) is 0 Å². The molecule has 1 aromatic heterocycles. The average Bonchev–Trinajstić information content (AvgIpc) is 2.76. The van der Waals surface area contributed by atoms with Crippen molar-refractivity contribution in [1.82, 2.24) is 4.98 Å². The quantitative estimate of drug-likeness (QED) is 0.796. The largest absolute Gasteiger partial charge is 0.493 e. The van der Waals surface area contributed by atoms with Crippen LogP contribution in [0.2, 0.25) is 0 Å². The number of benzene rings is 1. The van der Waals surface area contributed by atoms with Gasteiger partial charge in [0.2, 0.25) is 0 Å². The Labute approximate surface area is 99.3 Å². The molecular formula is C12H15NO4. The molecule has 0 N–H and O–H groups in total. The molecule has 0 amide bonds. The molecule has 0 atom stereocenters. The van der Waals surface area contributed by atoms with E-state index in [-0.39, 0.29) is 0 Å². The molecule has 2 rings (SSSR count). The van der Waals surface area contributed by atoms with E-state index in [1.54, 1.807) is 33.5 Å². The van der Waals surface area contributed by atoms with Gasteiger partial charge in [0.05, 0.1) is 20.8 Å². The van der Waals surface area contributed by atoms with Gasteiger partial charge < -0.3 is 18.6 Å². The monoisotopic (exact) mass is 237 g/mol. The Morgan fingerprint density at radius 2 is 1.82 bits per heavy atom. The van der Waals surface area contributed by atoms with Crippen LogP contribution < -0.4 is 9.47 Å². The highest BCUT2D eigenvalue weighted by molar-refractivity contribution is 5.77. The Bertz CT molecular complexity index is 465. The summed E-state index contributed by atoms with van der Waals surface area (Å²) in [5, 5.41) is 0. The van der Waals surface area contributed by atoms with Crippen molar-refractivity contribution in [3.05, 3.63) is 18.0 Å². The number of hydrogen-bond acceptors (Lipinski definition) is 5. The number of nitrogens with zero attached hydrogens (tertiary/aromatic N) is 1. The number of fused-ring (bicyclic) bond motifs is 1. The maximum absolute atomic E-state index is 5.59. The third-order valence-electron chi connectivity index (χ3n) is 2.46. The Morgan fingerprint density at radius 3 is 2.47 bits per heavy atom. The molecule has 0 radical (unpaired) electrons. The van der Waals surface area contributed by atoms with Gasteiger partial charge in [0.15, 0.2) is 23.0 Å². The second-order valence-electron chi connectivity index (χ2n) is 3.53. The number of aromatic nitrogens is 1. The molecule has 2 aromatic rings. The first-order valence-electron chi connectivity index (χ1n) is 5.29. The zero-order valence-corrected chi connectivity index (χ0v) is 10.1. The van der Waals surface area contributed by atoms with Gasteiger partial charge in [-0.25, -0.2) is 4.98 Å². The Balaban J connectivity index is 2.39. The molecule has 0 saturated heterocycles. The van der Waals surface area contributed by atoms with Crippen LogP contribution in [0.1, 0.15) is 5.89 Å². The summed E-state index contributed by atoms with van der Waals surface area (Å²) >= 11 is 0. The molecule has 0 aliphatic heterocycles. The third-order valence-corrected chi connectivity index (χ3v) is 2.46. The van der Waals surface area contributed by atoms with Crippen molar-refractivity contribution in [2.24, 2.45) is 0 Å². The van der Waals surface area contributed by atoms with Gasteiger partial charge in [-0.05, 0) is 0 Å². The molecule has 1 aromatic carbocycles. The van der Waals surface area contributed by atoms with Crippen molar-refractivity contribution >= 4 is 11.1 Å². The van der Waals surface area contributed by atoms with E-state index in [1.807, 2.05) is 0 Å². The van der Waals surface area contributed by atoms with Crippen molar-refractivity contribution in [1.29, 1.82) is 0 Å². The molecule has 0 aliphatic rings. The van der Waals surface area contributed by atoms with Gasteiger partial charge >= 0.3 is 0 Å². The summed E-state index contributed by atoms with van der Waals surface area (Å²) in [6, 6.07) is 3.57. The fourth-order valence-corrected chi connectivity index (χ4v) is 1.60. The lowest BCUT2D eigenvalue weighted by atomic mass is 10.3. The van der Waals surface area contributed by atoms with Crippen molar-refractivity contribution in [3.8, 4) is 11.5 Å². The fourth-order valence-electron chi connectivity index (χ4n) is 1.60. The Kier molecular flexibility index (Phi) is 3.49. The molecule has 92 valence electrons. The van der Waals surface area contributed by atoms with Crippen molar-refractivity contribution in [2.45, 2.75) is 6.42 Å². The maximum Gasteiger partial charge on any atom is 0.197 e. The van der Waals surface area contributed by atoms with Crippen LogP contribution in [0.5, 0.6) is 11.5 Å². The van der Waals surface area contributed by atoms with Gasteiger partial charge in [-0.2, -0.15) is 0 Å². The summed E-state index contributed by atoms with van der Waals surface area (Å²) in [5.41, 5.74) is 1.45. The van der Waals surface area contributed by atoms with E-state index >= 15 is 0 Å². The summed E-state index contributed by atoms with van der Waals surface area (Å²) in [6.45, 7) is 0.584. The summed E-state index contributed by atoms with van der Waals surface area (Å²) < 4.78 is 21.0. The summed E-state index contributed by atoms with van der Waals surface area (Å²) in [5.74, 6) is 1.93. The standard InChI is InChI=1S/C12H15NO4/c1-14-5-4-12-13-8-6-10(15-2)11(16-3)7-9(8)17-12/h6-7H,4-5H2,1-3H3. The van der Waals surface area contributed by atoms with Crippen LogP contribution in [0.25, 0.3) is 11.1 Å². The first-order chi connectivity index (χ1) is 8.28. The maximum atomic E-state index is 5.59. The van der Waals surface area contributed by atoms with Gasteiger partial charge in [-0.15, -0.1) is 0 Å². The van der Waals surface area contributed by atoms with Crippen LogP contribution in [0.15, 0.2) is 16.5 Å². The minimum atomic E-state index is 0.584. The number of methoxy groups -OCH3 is 3. The predicted molar refractivity (Wildman–Crippen MR) is 62.7 cm³/mol. The minimum absolute atomic E-state index is 0.584. The van der Waals surface area contributed by atoms with E-state index < -0.39 is 0 Å². The summed E-state index contributed by atoms with van der Waals surface area (Å²) in [7, 11) is 4.83. The highest BCUT2D eigenvalue weighted by Crippen LogP contribution is 2.32. The Hall–Kier alpha value is -1.75. The number of ether oxygens (including phenoxy) is 3. The average molecular weight is 237 g/mol. The molecule has 0 bridgehead atoms. The van der Waals surface area contributed by atoms with Crippen molar-refractivity contribution in [2.75, 3.05) is 27.9 Å². The molecule has 0 spiro atoms. The first-order valence-corrected chi connectivity index (χ1v) is 5.29. The van der Waals surface area contributed by atoms with E-state index in [0.29, 0.717) is 36.0 Å². The zero-order chi connectivity index (χ0) is 12.3. The van der Waals surface area contributed by atoms with Crippen LogP contribution in [0.3, 0.4) is 0 Å². The van der Waals surface area contributed by atoms with Gasteiger partial charge in [-0.3, -0.25) is 0 Å². The fraction of sp³-hybridized carbons (Fsp3) is 0.417. The SMILES string of the molecule is COCCc1nc2cc(OC)c(OC)cc2o1. The van der Waals surface area contributed by atoms with Crippen LogP contribution in [0.4, 0.5) is 0 Å². The van der Waals surface area contributed by atoms with E-state index in [9.17, 15) is 0 Å². The lowest BCUT2D eigenvalue weighted by molar-refractivity contribution is 0.196. The van der Waals surface area contributed by atoms with Gasteiger partial charge in [0.25, 0.3) is 0 Å². The zero-order valence-electron chi connectivity index (χ0n) is 10.1. The van der Waals surface area contributed by atoms with E-state index in [2.05, 4.69) is 4.98 Å². The molecule has 17 heavy (non-hydrogen) atoms. The van der Waals surface area contributed by atoms with Gasteiger partial charge in [0.1, 0.15) is 5.52 Å². The highest BCUT2D eigenvalue weighted by atomic mass is 16.5. The molecule has 5 heteroatoms. The first kappa shape index (κ1) is 11.7. The van der Waals surface area contributed by atoms with Crippen LogP contribution >= 0.6 is 0 Å². The molecule has 0 unspecified atom stereocenters. The second-order valence-corrected chi connectivity index (χ2v) is 3.53.